The van der Waals surface area contributed by atoms with E-state index in [1.807, 2.05) is 13.0 Å². The van der Waals surface area contributed by atoms with Crippen molar-refractivity contribution in [2.24, 2.45) is 10.9 Å². The highest BCUT2D eigenvalue weighted by atomic mass is 19.1. The van der Waals surface area contributed by atoms with E-state index in [4.69, 9.17) is 4.99 Å². The van der Waals surface area contributed by atoms with Crippen molar-refractivity contribution in [2.75, 3.05) is 19.6 Å². The van der Waals surface area contributed by atoms with E-state index in [9.17, 15) is 14.3 Å². The average molecular weight is 425 g/mol. The lowest BCUT2D eigenvalue weighted by atomic mass is 9.87. The van der Waals surface area contributed by atoms with Crippen LogP contribution < -0.4 is 5.56 Å². The Morgan fingerprint density at radius 1 is 1.19 bits per heavy atom. The first-order valence-electron chi connectivity index (χ1n) is 11.3. The van der Waals surface area contributed by atoms with Gasteiger partial charge < -0.3 is 10.0 Å². The Morgan fingerprint density at radius 3 is 2.81 bits per heavy atom. The van der Waals surface area contributed by atoms with Crippen LogP contribution in [0.15, 0.2) is 28.0 Å². The van der Waals surface area contributed by atoms with Crippen molar-refractivity contribution in [2.45, 2.75) is 58.2 Å². The maximum absolute atomic E-state index is 13.5. The zero-order chi connectivity index (χ0) is 21.5. The summed E-state index contributed by atoms with van der Waals surface area (Å²) in [4.78, 5) is 24.7. The lowest BCUT2D eigenvalue weighted by Crippen LogP contribution is -2.39. The number of fused-ring (bicyclic) bond motifs is 2. The number of hydrogen-bond donors (Lipinski definition) is 1. The van der Waals surface area contributed by atoms with Gasteiger partial charge in [-0.05, 0) is 75.9 Å². The van der Waals surface area contributed by atoms with Crippen LogP contribution >= 0.6 is 0 Å². The molecule has 0 saturated carbocycles. The SMILES string of the molecule is Cc1nc2n(c(=O)c1CCN1CCC(C3=NCc4cc(F)ccc43)CC1)CCCC2O. The zero-order valence-corrected chi connectivity index (χ0v) is 18.0. The Bertz CT molecular complexity index is 1090. The summed E-state index contributed by atoms with van der Waals surface area (Å²) in [5.41, 5.74) is 4.79. The molecule has 0 radical (unpaired) electrons. The molecule has 3 aliphatic rings. The smallest absolute Gasteiger partial charge is 0.257 e. The van der Waals surface area contributed by atoms with Gasteiger partial charge in [-0.2, -0.15) is 0 Å². The number of likely N-dealkylation sites (tertiary alicyclic amines) is 1. The molecular formula is C24H29FN4O2. The quantitative estimate of drug-likeness (QED) is 0.819. The first-order chi connectivity index (χ1) is 15.0. The molecule has 0 aliphatic carbocycles. The van der Waals surface area contributed by atoms with Crippen molar-refractivity contribution in [1.29, 1.82) is 0 Å². The normalized spacial score (nSPS) is 21.6. The first-order valence-corrected chi connectivity index (χ1v) is 11.3. The maximum Gasteiger partial charge on any atom is 0.257 e. The van der Waals surface area contributed by atoms with Crippen molar-refractivity contribution in [3.63, 3.8) is 0 Å². The molecule has 1 unspecified atom stereocenters. The van der Waals surface area contributed by atoms with E-state index < -0.39 is 6.10 Å². The van der Waals surface area contributed by atoms with Gasteiger partial charge in [0.05, 0.1) is 6.54 Å². The highest BCUT2D eigenvalue weighted by molar-refractivity contribution is 6.05. The molecule has 1 aromatic carbocycles. The van der Waals surface area contributed by atoms with Gasteiger partial charge >= 0.3 is 0 Å². The van der Waals surface area contributed by atoms with Crippen LogP contribution in [0.25, 0.3) is 0 Å². The predicted molar refractivity (Wildman–Crippen MR) is 117 cm³/mol. The molecule has 1 atom stereocenters. The Hall–Kier alpha value is -2.38. The van der Waals surface area contributed by atoms with Crippen LogP contribution in [0.2, 0.25) is 0 Å². The molecule has 0 amide bonds. The fraction of sp³-hybridized carbons (Fsp3) is 0.542. The standard InChI is InChI=1S/C24H29FN4O2/c1-15-19(24(31)29-9-2-3-21(30)23(29)27-15)8-12-28-10-6-16(7-11-28)22-20-5-4-18(25)13-17(20)14-26-22/h4-5,13,16,21,30H,2-3,6-12,14H2,1H3. The van der Waals surface area contributed by atoms with Gasteiger partial charge in [-0.15, -0.1) is 0 Å². The summed E-state index contributed by atoms with van der Waals surface area (Å²) in [6.07, 6.45) is 3.59. The molecule has 0 bridgehead atoms. The van der Waals surface area contributed by atoms with Gasteiger partial charge in [-0.1, -0.05) is 0 Å². The molecule has 1 N–H and O–H groups in total. The molecule has 1 aromatic heterocycles. The second kappa shape index (κ2) is 8.28. The molecule has 6 nitrogen and oxygen atoms in total. The molecular weight excluding hydrogens is 395 g/mol. The molecule has 31 heavy (non-hydrogen) atoms. The number of nitrogens with zero attached hydrogens (tertiary/aromatic N) is 4. The number of rotatable bonds is 4. The van der Waals surface area contributed by atoms with E-state index in [0.717, 1.165) is 67.0 Å². The fourth-order valence-electron chi connectivity index (χ4n) is 5.30. The van der Waals surface area contributed by atoms with Crippen molar-refractivity contribution >= 4 is 5.71 Å². The Balaban J connectivity index is 1.21. The minimum absolute atomic E-state index is 0.0142. The van der Waals surface area contributed by atoms with Crippen LogP contribution in [0.1, 0.15) is 60.0 Å². The van der Waals surface area contributed by atoms with Gasteiger partial charge in [0.1, 0.15) is 17.7 Å². The Morgan fingerprint density at radius 2 is 2.00 bits per heavy atom. The zero-order valence-electron chi connectivity index (χ0n) is 18.0. The Labute approximate surface area is 181 Å². The third-order valence-electron chi connectivity index (χ3n) is 7.07. The summed E-state index contributed by atoms with van der Waals surface area (Å²) < 4.78 is 15.1. The van der Waals surface area contributed by atoms with Crippen LogP contribution in [-0.4, -0.2) is 44.9 Å². The number of aliphatic hydroxyl groups is 1. The number of benzene rings is 1. The number of aryl methyl sites for hydroxylation is 1. The van der Waals surface area contributed by atoms with Gasteiger partial charge in [0.15, 0.2) is 0 Å². The first kappa shape index (κ1) is 20.5. The lowest BCUT2D eigenvalue weighted by molar-refractivity contribution is 0.129. The number of halogens is 1. The van der Waals surface area contributed by atoms with Crippen molar-refractivity contribution < 1.29 is 9.50 Å². The van der Waals surface area contributed by atoms with Crippen molar-refractivity contribution in [1.82, 2.24) is 14.5 Å². The van der Waals surface area contributed by atoms with Crippen LogP contribution in [-0.2, 0) is 19.5 Å². The molecule has 1 saturated heterocycles. The largest absolute Gasteiger partial charge is 0.385 e. The summed E-state index contributed by atoms with van der Waals surface area (Å²) in [6.45, 7) is 5.88. The van der Waals surface area contributed by atoms with E-state index in [1.54, 1.807) is 10.6 Å². The fourth-order valence-corrected chi connectivity index (χ4v) is 5.30. The molecule has 7 heteroatoms. The van der Waals surface area contributed by atoms with E-state index >= 15 is 0 Å². The van der Waals surface area contributed by atoms with E-state index in [1.165, 1.54) is 6.07 Å². The van der Waals surface area contributed by atoms with E-state index in [2.05, 4.69) is 9.88 Å². The van der Waals surface area contributed by atoms with Crippen LogP contribution in [0.3, 0.4) is 0 Å². The third-order valence-corrected chi connectivity index (χ3v) is 7.07. The molecule has 164 valence electrons. The summed E-state index contributed by atoms with van der Waals surface area (Å²) >= 11 is 0. The number of piperidine rings is 1. The van der Waals surface area contributed by atoms with E-state index in [0.29, 0.717) is 37.7 Å². The van der Waals surface area contributed by atoms with Gasteiger partial charge in [0.2, 0.25) is 0 Å². The van der Waals surface area contributed by atoms with Gasteiger partial charge in [0, 0.05) is 41.5 Å². The van der Waals surface area contributed by atoms with Crippen LogP contribution in [0, 0.1) is 18.7 Å². The van der Waals surface area contributed by atoms with Crippen LogP contribution in [0.5, 0.6) is 0 Å². The minimum atomic E-state index is -0.631. The highest BCUT2D eigenvalue weighted by Crippen LogP contribution is 2.29. The molecule has 0 spiro atoms. The van der Waals surface area contributed by atoms with Gasteiger partial charge in [0.25, 0.3) is 5.56 Å². The van der Waals surface area contributed by atoms with Crippen molar-refractivity contribution in [3.8, 4) is 0 Å². The molecule has 2 aromatic rings. The van der Waals surface area contributed by atoms with E-state index in [-0.39, 0.29) is 11.4 Å². The van der Waals surface area contributed by atoms with Crippen LogP contribution in [0.4, 0.5) is 4.39 Å². The summed E-state index contributed by atoms with van der Waals surface area (Å²) in [7, 11) is 0. The average Bonchev–Trinajstić information content (AvgIpc) is 3.18. The number of aliphatic hydroxyl groups excluding tert-OH is 1. The highest BCUT2D eigenvalue weighted by Gasteiger charge is 2.29. The molecule has 4 heterocycles. The third kappa shape index (κ3) is 3.85. The maximum atomic E-state index is 13.5. The molecule has 1 fully saturated rings. The summed E-state index contributed by atoms with van der Waals surface area (Å²) in [5, 5.41) is 10.2. The van der Waals surface area contributed by atoms with Crippen molar-refractivity contribution in [3.05, 3.63) is 62.6 Å². The summed E-state index contributed by atoms with van der Waals surface area (Å²) in [6, 6.07) is 5.01. The number of hydrogen-bond acceptors (Lipinski definition) is 5. The monoisotopic (exact) mass is 424 g/mol. The molecule has 3 aliphatic heterocycles. The van der Waals surface area contributed by atoms with Gasteiger partial charge in [-0.3, -0.25) is 14.4 Å². The minimum Gasteiger partial charge on any atom is -0.385 e. The Kier molecular flexibility index (Phi) is 5.48. The number of aromatic nitrogens is 2. The van der Waals surface area contributed by atoms with Gasteiger partial charge in [-0.25, -0.2) is 9.37 Å². The summed E-state index contributed by atoms with van der Waals surface area (Å²) in [5.74, 6) is 0.750. The predicted octanol–water partition coefficient (Wildman–Crippen LogP) is 2.78. The number of aliphatic imine (C=N–C) groups is 1. The topological polar surface area (TPSA) is 70.7 Å². The second-order valence-corrected chi connectivity index (χ2v) is 9.02. The second-order valence-electron chi connectivity index (χ2n) is 9.02. The molecule has 5 rings (SSSR count). The lowest BCUT2D eigenvalue weighted by Gasteiger charge is -2.32.